The van der Waals surface area contributed by atoms with Gasteiger partial charge in [0.15, 0.2) is 6.61 Å². The van der Waals surface area contributed by atoms with Crippen molar-refractivity contribution in [3.8, 4) is 0 Å². The van der Waals surface area contributed by atoms with Crippen LogP contribution in [0.15, 0.2) is 52.5 Å². The number of carbonyl (C=O) groups is 1. The van der Waals surface area contributed by atoms with Gasteiger partial charge in [-0.1, -0.05) is 23.4 Å². The monoisotopic (exact) mass is 460 g/mol. The van der Waals surface area contributed by atoms with Crippen LogP contribution in [-0.4, -0.2) is 71.9 Å². The third-order valence-electron chi connectivity index (χ3n) is 4.94. The van der Waals surface area contributed by atoms with Gasteiger partial charge in [-0.05, 0) is 42.3 Å². The second-order valence-electron chi connectivity index (χ2n) is 7.54. The molecule has 9 nitrogen and oxygen atoms in total. The van der Waals surface area contributed by atoms with Crippen molar-refractivity contribution in [3.63, 3.8) is 0 Å². The number of carbonyl (C=O) groups excluding carboxylic acids is 1. The van der Waals surface area contributed by atoms with Crippen molar-refractivity contribution in [2.24, 2.45) is 5.16 Å². The zero-order valence-electron chi connectivity index (χ0n) is 18.4. The molecule has 1 fully saturated rings. The first-order valence-electron chi connectivity index (χ1n) is 10.2. The lowest BCUT2D eigenvalue weighted by Crippen LogP contribution is -2.40. The van der Waals surface area contributed by atoms with Crippen molar-refractivity contribution in [1.29, 1.82) is 0 Å². The van der Waals surface area contributed by atoms with E-state index < -0.39 is 15.9 Å². The van der Waals surface area contributed by atoms with Gasteiger partial charge >= 0.3 is 0 Å². The Kier molecular flexibility index (Phi) is 7.84. The van der Waals surface area contributed by atoms with Gasteiger partial charge < -0.3 is 19.8 Å². The summed E-state index contributed by atoms with van der Waals surface area (Å²) < 4.78 is 32.6. The SMILES string of the molecule is Cc1ccc(NC(=O)CO/N=C/c2ccc(N(C)C)cc2)cc1S(=O)(=O)N1CCOCC1. The van der Waals surface area contributed by atoms with Crippen molar-refractivity contribution in [2.75, 3.05) is 57.2 Å². The molecule has 1 aliphatic rings. The van der Waals surface area contributed by atoms with Crippen LogP contribution in [0.5, 0.6) is 0 Å². The molecule has 1 amide bonds. The summed E-state index contributed by atoms with van der Waals surface area (Å²) in [5.74, 6) is -0.441. The van der Waals surface area contributed by atoms with Crippen molar-refractivity contribution in [2.45, 2.75) is 11.8 Å². The molecule has 1 heterocycles. The fraction of sp³-hybridized carbons (Fsp3) is 0.364. The molecule has 10 heteroatoms. The molecule has 0 atom stereocenters. The maximum absolute atomic E-state index is 13.0. The molecular weight excluding hydrogens is 432 g/mol. The smallest absolute Gasteiger partial charge is 0.265 e. The number of hydrogen-bond acceptors (Lipinski definition) is 7. The van der Waals surface area contributed by atoms with E-state index in [1.165, 1.54) is 16.6 Å². The second-order valence-corrected chi connectivity index (χ2v) is 9.45. The maximum atomic E-state index is 13.0. The average molecular weight is 461 g/mol. The Balaban J connectivity index is 1.57. The molecule has 0 saturated carbocycles. The van der Waals surface area contributed by atoms with Gasteiger partial charge in [-0.25, -0.2) is 8.42 Å². The number of anilines is 2. The van der Waals surface area contributed by atoms with Crippen molar-refractivity contribution >= 4 is 33.5 Å². The Morgan fingerprint density at radius 2 is 1.88 bits per heavy atom. The minimum absolute atomic E-state index is 0.164. The lowest BCUT2D eigenvalue weighted by Gasteiger charge is -2.26. The zero-order chi connectivity index (χ0) is 23.1. The standard InChI is InChI=1S/C22H28N4O5S/c1-17-4-7-19(14-21(17)32(28,29)26-10-12-30-13-11-26)24-22(27)16-31-23-15-18-5-8-20(9-6-18)25(2)3/h4-9,14-15H,10-13,16H2,1-3H3,(H,24,27)/b23-15+. The highest BCUT2D eigenvalue weighted by atomic mass is 32.2. The predicted octanol–water partition coefficient (Wildman–Crippen LogP) is 2.07. The van der Waals surface area contributed by atoms with Crippen LogP contribution in [0, 0.1) is 6.92 Å². The number of amides is 1. The highest BCUT2D eigenvalue weighted by Gasteiger charge is 2.28. The van der Waals surface area contributed by atoms with E-state index in [0.717, 1.165) is 11.3 Å². The maximum Gasteiger partial charge on any atom is 0.265 e. The van der Waals surface area contributed by atoms with Crippen molar-refractivity contribution < 1.29 is 22.8 Å². The number of nitrogens with zero attached hydrogens (tertiary/aromatic N) is 3. The van der Waals surface area contributed by atoms with E-state index in [2.05, 4.69) is 10.5 Å². The summed E-state index contributed by atoms with van der Waals surface area (Å²) in [7, 11) is 0.250. The summed E-state index contributed by atoms with van der Waals surface area (Å²) in [6.45, 7) is 2.77. The molecule has 2 aromatic carbocycles. The number of hydrogen-bond donors (Lipinski definition) is 1. The third kappa shape index (κ3) is 6.06. The van der Waals surface area contributed by atoms with Crippen molar-refractivity contribution in [1.82, 2.24) is 4.31 Å². The van der Waals surface area contributed by atoms with Gasteiger partial charge in [0, 0.05) is 38.6 Å². The lowest BCUT2D eigenvalue weighted by molar-refractivity contribution is -0.120. The van der Waals surface area contributed by atoms with Gasteiger partial charge in [0.05, 0.1) is 24.3 Å². The summed E-state index contributed by atoms with van der Waals surface area (Å²) in [4.78, 5) is 19.4. The van der Waals surface area contributed by atoms with E-state index in [1.54, 1.807) is 19.1 Å². The zero-order valence-corrected chi connectivity index (χ0v) is 19.3. The predicted molar refractivity (Wildman–Crippen MR) is 124 cm³/mol. The van der Waals surface area contributed by atoms with Crippen molar-refractivity contribution in [3.05, 3.63) is 53.6 Å². The van der Waals surface area contributed by atoms with Crippen LogP contribution in [0.2, 0.25) is 0 Å². The number of oxime groups is 1. The highest BCUT2D eigenvalue weighted by Crippen LogP contribution is 2.24. The molecule has 3 rings (SSSR count). The molecule has 0 bridgehead atoms. The molecule has 2 aromatic rings. The number of aryl methyl sites for hydroxylation is 1. The van der Waals surface area contributed by atoms with Gasteiger partial charge in [-0.3, -0.25) is 4.79 Å². The van der Waals surface area contributed by atoms with Gasteiger partial charge in [0.1, 0.15) is 0 Å². The Bertz CT molecular complexity index is 1060. The molecular formula is C22H28N4O5S. The number of rotatable bonds is 8. The Morgan fingerprint density at radius 1 is 1.19 bits per heavy atom. The van der Waals surface area contributed by atoms with E-state index in [4.69, 9.17) is 9.57 Å². The normalized spacial score (nSPS) is 15.0. The Labute approximate surface area is 188 Å². The first kappa shape index (κ1) is 23.7. The largest absolute Gasteiger partial charge is 0.386 e. The minimum Gasteiger partial charge on any atom is -0.386 e. The van der Waals surface area contributed by atoms with Crippen LogP contribution in [0.3, 0.4) is 0 Å². The number of sulfonamides is 1. The average Bonchev–Trinajstić information content (AvgIpc) is 2.79. The van der Waals surface area contributed by atoms with E-state index in [1.807, 2.05) is 43.3 Å². The lowest BCUT2D eigenvalue weighted by atomic mass is 10.2. The van der Waals surface area contributed by atoms with Gasteiger partial charge in [-0.2, -0.15) is 4.31 Å². The molecule has 0 spiro atoms. The van der Waals surface area contributed by atoms with Gasteiger partial charge in [0.2, 0.25) is 10.0 Å². The summed E-state index contributed by atoms with van der Waals surface area (Å²) in [6.07, 6.45) is 1.52. The van der Waals surface area contributed by atoms with Crippen LogP contribution >= 0.6 is 0 Å². The first-order chi connectivity index (χ1) is 15.3. The minimum atomic E-state index is -3.67. The topological polar surface area (TPSA) is 101 Å². The molecule has 32 heavy (non-hydrogen) atoms. The Hall–Kier alpha value is -2.95. The quantitative estimate of drug-likeness (QED) is 0.478. The summed E-state index contributed by atoms with van der Waals surface area (Å²) in [6, 6.07) is 12.5. The van der Waals surface area contributed by atoms with Crippen LogP contribution in [-0.2, 0) is 24.4 Å². The van der Waals surface area contributed by atoms with E-state index in [0.29, 0.717) is 37.6 Å². The van der Waals surface area contributed by atoms with Crippen LogP contribution < -0.4 is 10.2 Å². The summed E-state index contributed by atoms with van der Waals surface area (Å²) >= 11 is 0. The van der Waals surface area contributed by atoms with Crippen LogP contribution in [0.4, 0.5) is 11.4 Å². The second kappa shape index (κ2) is 10.6. The number of ether oxygens (including phenoxy) is 1. The number of benzene rings is 2. The molecule has 172 valence electrons. The summed E-state index contributed by atoms with van der Waals surface area (Å²) in [5, 5.41) is 6.47. The summed E-state index contributed by atoms with van der Waals surface area (Å²) in [5.41, 5.74) is 2.89. The first-order valence-corrected chi connectivity index (χ1v) is 11.6. The number of morpholine rings is 1. The third-order valence-corrected chi connectivity index (χ3v) is 6.98. The highest BCUT2D eigenvalue weighted by molar-refractivity contribution is 7.89. The van der Waals surface area contributed by atoms with E-state index in [-0.39, 0.29) is 11.5 Å². The fourth-order valence-corrected chi connectivity index (χ4v) is 4.79. The molecule has 0 aromatic heterocycles. The van der Waals surface area contributed by atoms with Crippen LogP contribution in [0.1, 0.15) is 11.1 Å². The molecule has 0 unspecified atom stereocenters. The molecule has 0 radical (unpaired) electrons. The number of nitrogens with one attached hydrogen (secondary N) is 1. The van der Waals surface area contributed by atoms with E-state index >= 15 is 0 Å². The van der Waals surface area contributed by atoms with Crippen LogP contribution in [0.25, 0.3) is 0 Å². The van der Waals surface area contributed by atoms with E-state index in [9.17, 15) is 13.2 Å². The Morgan fingerprint density at radius 3 is 2.53 bits per heavy atom. The van der Waals surface area contributed by atoms with Gasteiger partial charge in [-0.15, -0.1) is 0 Å². The molecule has 0 aliphatic carbocycles. The molecule has 1 aliphatic heterocycles. The van der Waals surface area contributed by atoms with Gasteiger partial charge in [0.25, 0.3) is 5.91 Å². The fourth-order valence-electron chi connectivity index (χ4n) is 3.13. The molecule has 1 N–H and O–H groups in total. The molecule has 1 saturated heterocycles.